The first kappa shape index (κ1) is 31.8. The monoisotopic (exact) mass is 582 g/mol. The van der Waals surface area contributed by atoms with Crippen molar-refractivity contribution in [2.45, 2.75) is 57.8 Å². The number of hydrogen-bond donors (Lipinski definition) is 0. The van der Waals surface area contributed by atoms with Gasteiger partial charge in [-0.2, -0.15) is 0 Å². The molecule has 4 aromatic rings. The summed E-state index contributed by atoms with van der Waals surface area (Å²) in [5, 5.41) is 0. The van der Waals surface area contributed by atoms with Crippen molar-refractivity contribution in [3.63, 3.8) is 0 Å². The van der Waals surface area contributed by atoms with E-state index in [9.17, 15) is 9.59 Å². The van der Waals surface area contributed by atoms with Crippen molar-refractivity contribution in [3.8, 4) is 0 Å². The lowest BCUT2D eigenvalue weighted by atomic mass is 10.0. The highest BCUT2D eigenvalue weighted by Gasteiger charge is 2.39. The molecule has 4 atom stereocenters. The van der Waals surface area contributed by atoms with Crippen LogP contribution in [0.5, 0.6) is 0 Å². The van der Waals surface area contributed by atoms with Crippen molar-refractivity contribution in [2.24, 2.45) is 0 Å². The van der Waals surface area contributed by atoms with E-state index in [1.807, 2.05) is 121 Å². The molecular formula is C36H38O7. The lowest BCUT2D eigenvalue weighted by molar-refractivity contribution is -0.198. The summed E-state index contributed by atoms with van der Waals surface area (Å²) < 4.78 is 30.8. The Balaban J connectivity index is 1.62. The maximum atomic E-state index is 12.6. The van der Waals surface area contributed by atoms with Gasteiger partial charge in [-0.15, -0.1) is 0 Å². The topological polar surface area (TPSA) is 80.3 Å². The van der Waals surface area contributed by atoms with Gasteiger partial charge >= 0.3 is 5.97 Å². The summed E-state index contributed by atoms with van der Waals surface area (Å²) in [5.41, 5.74) is 3.70. The van der Waals surface area contributed by atoms with Crippen LogP contribution in [0.15, 0.2) is 121 Å². The largest absolute Gasteiger partial charge is 0.457 e. The van der Waals surface area contributed by atoms with E-state index in [4.69, 9.17) is 23.7 Å². The van der Waals surface area contributed by atoms with E-state index in [2.05, 4.69) is 0 Å². The normalized spacial score (nSPS) is 13.9. The van der Waals surface area contributed by atoms with E-state index in [-0.39, 0.29) is 26.4 Å². The first-order chi connectivity index (χ1) is 21.1. The Labute approximate surface area is 253 Å². The number of rotatable bonds is 18. The van der Waals surface area contributed by atoms with Gasteiger partial charge in [-0.25, -0.2) is 0 Å². The minimum absolute atomic E-state index is 0.0173. The quantitative estimate of drug-likeness (QED) is 0.104. The van der Waals surface area contributed by atoms with Gasteiger partial charge in [-0.3, -0.25) is 4.79 Å². The summed E-state index contributed by atoms with van der Waals surface area (Å²) in [7, 11) is 0. The number of esters is 1. The number of benzene rings is 4. The van der Waals surface area contributed by atoms with E-state index >= 15 is 0 Å². The SMILES string of the molecule is CC(=O)O[C@H](COCc1ccccc1)[C@@H](OCc1ccccc1)[C@H](OCc1ccccc1)[C@H](C=O)OCc1ccccc1. The van der Waals surface area contributed by atoms with Gasteiger partial charge in [0.05, 0.1) is 33.0 Å². The summed E-state index contributed by atoms with van der Waals surface area (Å²) in [6, 6.07) is 38.5. The van der Waals surface area contributed by atoms with Gasteiger partial charge in [-0.05, 0) is 22.3 Å². The Morgan fingerprint density at radius 1 is 0.581 bits per heavy atom. The lowest BCUT2D eigenvalue weighted by Crippen LogP contribution is -2.51. The van der Waals surface area contributed by atoms with Crippen molar-refractivity contribution >= 4 is 12.3 Å². The zero-order chi connectivity index (χ0) is 30.1. The molecule has 0 fully saturated rings. The van der Waals surface area contributed by atoms with Gasteiger partial charge in [0.2, 0.25) is 0 Å². The highest BCUT2D eigenvalue weighted by Crippen LogP contribution is 2.23. The zero-order valence-electron chi connectivity index (χ0n) is 24.3. The van der Waals surface area contributed by atoms with Crippen molar-refractivity contribution in [2.75, 3.05) is 6.61 Å². The molecule has 0 heterocycles. The summed E-state index contributed by atoms with van der Waals surface area (Å²) in [4.78, 5) is 24.9. The van der Waals surface area contributed by atoms with Gasteiger partial charge < -0.3 is 28.5 Å². The molecule has 0 unspecified atom stereocenters. The first-order valence-electron chi connectivity index (χ1n) is 14.3. The number of aldehydes is 1. The van der Waals surface area contributed by atoms with Crippen molar-refractivity contribution in [3.05, 3.63) is 144 Å². The first-order valence-corrected chi connectivity index (χ1v) is 14.3. The van der Waals surface area contributed by atoms with Crippen LogP contribution in [0.3, 0.4) is 0 Å². The summed E-state index contributed by atoms with van der Waals surface area (Å²) in [6.07, 6.45) is -3.05. The third-order valence-electron chi connectivity index (χ3n) is 6.71. The van der Waals surface area contributed by atoms with Crippen LogP contribution >= 0.6 is 0 Å². The van der Waals surface area contributed by atoms with Crippen LogP contribution < -0.4 is 0 Å². The molecule has 0 saturated carbocycles. The molecule has 4 rings (SSSR count). The molecule has 0 saturated heterocycles. The molecule has 0 aliphatic carbocycles. The number of carbonyl (C=O) groups excluding carboxylic acids is 2. The molecule has 0 aromatic heterocycles. The second-order valence-electron chi connectivity index (χ2n) is 10.1. The van der Waals surface area contributed by atoms with E-state index in [1.165, 1.54) is 6.92 Å². The molecule has 7 heteroatoms. The van der Waals surface area contributed by atoms with E-state index in [1.54, 1.807) is 0 Å². The minimum atomic E-state index is -1.03. The Kier molecular flexibility index (Phi) is 13.1. The van der Waals surface area contributed by atoms with Crippen molar-refractivity contribution in [1.82, 2.24) is 0 Å². The van der Waals surface area contributed by atoms with Crippen LogP contribution in [0.4, 0.5) is 0 Å². The third kappa shape index (κ3) is 10.9. The molecule has 0 spiro atoms. The average Bonchev–Trinajstić information content (AvgIpc) is 3.05. The molecule has 224 valence electrons. The van der Waals surface area contributed by atoms with Crippen LogP contribution in [0.2, 0.25) is 0 Å². The number of carbonyl (C=O) groups is 2. The molecule has 0 aliphatic rings. The van der Waals surface area contributed by atoms with Gasteiger partial charge in [0.25, 0.3) is 0 Å². The highest BCUT2D eigenvalue weighted by atomic mass is 16.6. The molecule has 0 amide bonds. The summed E-state index contributed by atoms with van der Waals surface area (Å²) >= 11 is 0. The fraction of sp³-hybridized carbons (Fsp3) is 0.278. The Hall–Kier alpha value is -4.14. The van der Waals surface area contributed by atoms with Crippen LogP contribution in [-0.2, 0) is 59.7 Å². The molecule has 4 aromatic carbocycles. The van der Waals surface area contributed by atoms with Gasteiger partial charge in [-0.1, -0.05) is 121 Å². The van der Waals surface area contributed by atoms with Gasteiger partial charge in [0, 0.05) is 6.92 Å². The van der Waals surface area contributed by atoms with E-state index in [0.717, 1.165) is 22.3 Å². The molecule has 0 aliphatic heterocycles. The second-order valence-corrected chi connectivity index (χ2v) is 10.1. The predicted molar refractivity (Wildman–Crippen MR) is 163 cm³/mol. The van der Waals surface area contributed by atoms with E-state index in [0.29, 0.717) is 12.9 Å². The predicted octanol–water partition coefficient (Wildman–Crippen LogP) is 6.09. The lowest BCUT2D eigenvalue weighted by Gasteiger charge is -2.35. The van der Waals surface area contributed by atoms with Crippen LogP contribution in [-0.4, -0.2) is 43.3 Å². The molecule has 43 heavy (non-hydrogen) atoms. The summed E-state index contributed by atoms with van der Waals surface area (Å²) in [5.74, 6) is -0.503. The Morgan fingerprint density at radius 3 is 1.40 bits per heavy atom. The van der Waals surface area contributed by atoms with Gasteiger partial charge in [0.1, 0.15) is 18.3 Å². The second kappa shape index (κ2) is 17.7. The van der Waals surface area contributed by atoms with Crippen molar-refractivity contribution < 1.29 is 33.3 Å². The molecular weight excluding hydrogens is 544 g/mol. The Morgan fingerprint density at radius 2 is 0.977 bits per heavy atom. The fourth-order valence-corrected chi connectivity index (χ4v) is 4.58. The number of ether oxygens (including phenoxy) is 5. The van der Waals surface area contributed by atoms with E-state index < -0.39 is 30.4 Å². The Bertz CT molecular complexity index is 1330. The molecule has 0 radical (unpaired) electrons. The maximum absolute atomic E-state index is 12.6. The van der Waals surface area contributed by atoms with Crippen LogP contribution in [0.1, 0.15) is 29.2 Å². The maximum Gasteiger partial charge on any atom is 0.303 e. The van der Waals surface area contributed by atoms with Gasteiger partial charge in [0.15, 0.2) is 12.4 Å². The molecule has 7 nitrogen and oxygen atoms in total. The van der Waals surface area contributed by atoms with Crippen LogP contribution in [0, 0.1) is 0 Å². The standard InChI is InChI=1S/C36H38O7/c1-28(38)43-34(27-39-23-29-14-6-2-7-15-29)36(42-26-32-20-12-5-13-21-32)35(41-25-31-18-10-4-11-19-31)33(22-37)40-24-30-16-8-3-9-17-30/h2-22,33-36H,23-27H2,1H3/t33-,34+,35+,36+/m0/s1. The average molecular weight is 583 g/mol. The number of hydrogen-bond acceptors (Lipinski definition) is 7. The summed E-state index contributed by atoms with van der Waals surface area (Å²) in [6.45, 7) is 2.22. The molecule has 0 bridgehead atoms. The van der Waals surface area contributed by atoms with Crippen molar-refractivity contribution in [1.29, 1.82) is 0 Å². The highest BCUT2D eigenvalue weighted by molar-refractivity contribution is 5.66. The fourth-order valence-electron chi connectivity index (χ4n) is 4.58. The third-order valence-corrected chi connectivity index (χ3v) is 6.71. The van der Waals surface area contributed by atoms with Crippen LogP contribution in [0.25, 0.3) is 0 Å². The molecule has 0 N–H and O–H groups in total. The smallest absolute Gasteiger partial charge is 0.303 e. The minimum Gasteiger partial charge on any atom is -0.457 e. The zero-order valence-corrected chi connectivity index (χ0v) is 24.3.